The molecule has 0 saturated heterocycles. The predicted octanol–water partition coefficient (Wildman–Crippen LogP) is -1.37. The van der Waals surface area contributed by atoms with Gasteiger partial charge in [0.1, 0.15) is 31.2 Å². The summed E-state index contributed by atoms with van der Waals surface area (Å²) in [5.41, 5.74) is 3.37. The van der Waals surface area contributed by atoms with E-state index in [9.17, 15) is 23.5 Å². The molecule has 1 aliphatic rings. The highest BCUT2D eigenvalue weighted by atomic mass is 35.5. The largest absolute Gasteiger partial charge is 0.547 e. The van der Waals surface area contributed by atoms with Crippen molar-refractivity contribution in [2.45, 2.75) is 30.3 Å². The SMILES string of the molecule is O=C([O-])[C@@H](O)[C@H](O)C(=O)O.[NH3+][C@@H]1CC(CF)(CF)Oc2cc(Cl)ccc21. The molecule has 3 atom stereocenters. The number of aliphatic carboxylic acids is 2. The van der Waals surface area contributed by atoms with E-state index in [2.05, 4.69) is 5.73 Å². The Kier molecular flexibility index (Phi) is 7.69. The van der Waals surface area contributed by atoms with Gasteiger partial charge in [0, 0.05) is 11.4 Å². The zero-order valence-corrected chi connectivity index (χ0v) is 14.2. The van der Waals surface area contributed by atoms with E-state index in [1.165, 1.54) is 0 Å². The normalized spacial score (nSPS) is 19.8. The van der Waals surface area contributed by atoms with E-state index in [1.54, 1.807) is 18.2 Å². The van der Waals surface area contributed by atoms with Crippen LogP contribution in [0.2, 0.25) is 5.02 Å². The first kappa shape index (κ1) is 22.0. The molecule has 146 valence electrons. The van der Waals surface area contributed by atoms with Crippen LogP contribution in [0.5, 0.6) is 5.75 Å². The smallest absolute Gasteiger partial charge is 0.335 e. The maximum atomic E-state index is 12.9. The molecule has 1 aromatic rings. The molecule has 6 N–H and O–H groups in total. The Morgan fingerprint density at radius 1 is 1.35 bits per heavy atom. The molecule has 0 radical (unpaired) electrons. The van der Waals surface area contributed by atoms with E-state index in [4.69, 9.17) is 31.7 Å². The Labute approximate surface area is 151 Å². The molecule has 0 bridgehead atoms. The van der Waals surface area contributed by atoms with Crippen LogP contribution >= 0.6 is 11.6 Å². The summed E-state index contributed by atoms with van der Waals surface area (Å²) in [5.74, 6) is -3.39. The maximum Gasteiger partial charge on any atom is 0.335 e. The molecule has 8 nitrogen and oxygen atoms in total. The van der Waals surface area contributed by atoms with Crippen molar-refractivity contribution in [1.29, 1.82) is 0 Å². The van der Waals surface area contributed by atoms with Crippen LogP contribution in [-0.4, -0.2) is 58.4 Å². The van der Waals surface area contributed by atoms with Gasteiger partial charge in [0.2, 0.25) is 0 Å². The second kappa shape index (κ2) is 9.08. The standard InChI is InChI=1S/C11H12ClF2NO.C4H6O6/c12-7-1-2-8-9(15)4-11(5-13,6-14)16-10(8)3-7;5-1(3(7)8)2(6)4(9)10/h1-3,9H,4-6,15H2;1-2,5-6H,(H,7,8)(H,9,10)/t9-;1-,2-/m10/s1. The molecular formula is C15H18ClF2NO7. The number of hydrogen-bond donors (Lipinski definition) is 4. The van der Waals surface area contributed by atoms with Gasteiger partial charge in [0.05, 0.1) is 11.5 Å². The van der Waals surface area contributed by atoms with E-state index >= 15 is 0 Å². The fraction of sp³-hybridized carbons (Fsp3) is 0.467. The monoisotopic (exact) mass is 397 g/mol. The van der Waals surface area contributed by atoms with E-state index in [1.807, 2.05) is 0 Å². The Morgan fingerprint density at radius 3 is 2.35 bits per heavy atom. The van der Waals surface area contributed by atoms with Gasteiger partial charge < -0.3 is 35.7 Å². The molecule has 1 heterocycles. The topological polar surface area (TPSA) is 155 Å². The van der Waals surface area contributed by atoms with Crippen molar-refractivity contribution in [3.05, 3.63) is 28.8 Å². The van der Waals surface area contributed by atoms with Gasteiger partial charge in [-0.2, -0.15) is 0 Å². The highest BCUT2D eigenvalue weighted by molar-refractivity contribution is 6.30. The molecule has 0 spiro atoms. The number of carboxylic acid groups (broad SMARTS) is 2. The molecule has 1 aromatic carbocycles. The minimum atomic E-state index is -2.38. The van der Waals surface area contributed by atoms with Crippen LogP contribution in [0.1, 0.15) is 18.0 Å². The fourth-order valence-corrected chi connectivity index (χ4v) is 2.39. The zero-order valence-electron chi connectivity index (χ0n) is 13.4. The van der Waals surface area contributed by atoms with Crippen molar-refractivity contribution in [2.24, 2.45) is 0 Å². The Morgan fingerprint density at radius 2 is 1.92 bits per heavy atom. The molecular weight excluding hydrogens is 380 g/mol. The number of carboxylic acids is 2. The summed E-state index contributed by atoms with van der Waals surface area (Å²) < 4.78 is 31.1. The summed E-state index contributed by atoms with van der Waals surface area (Å²) in [6.45, 7) is -1.72. The summed E-state index contributed by atoms with van der Waals surface area (Å²) in [7, 11) is 0. The van der Waals surface area contributed by atoms with Gasteiger partial charge in [-0.3, -0.25) is 0 Å². The van der Waals surface area contributed by atoms with Gasteiger partial charge in [-0.1, -0.05) is 11.6 Å². The number of aliphatic hydroxyl groups excluding tert-OH is 2. The number of hydrogen-bond acceptors (Lipinski definition) is 6. The van der Waals surface area contributed by atoms with E-state index in [-0.39, 0.29) is 12.5 Å². The van der Waals surface area contributed by atoms with E-state index in [0.717, 1.165) is 5.56 Å². The third kappa shape index (κ3) is 5.24. The van der Waals surface area contributed by atoms with Crippen LogP contribution in [0, 0.1) is 0 Å². The molecule has 26 heavy (non-hydrogen) atoms. The summed E-state index contributed by atoms with van der Waals surface area (Å²) >= 11 is 5.82. The lowest BCUT2D eigenvalue weighted by Gasteiger charge is -2.36. The van der Waals surface area contributed by atoms with Gasteiger partial charge in [-0.05, 0) is 18.2 Å². The van der Waals surface area contributed by atoms with Gasteiger partial charge in [-0.25, -0.2) is 13.6 Å². The van der Waals surface area contributed by atoms with Crippen LogP contribution in [0.3, 0.4) is 0 Å². The molecule has 0 fully saturated rings. The lowest BCUT2D eigenvalue weighted by molar-refractivity contribution is -0.437. The second-order valence-corrected chi connectivity index (χ2v) is 6.12. The van der Waals surface area contributed by atoms with Crippen molar-refractivity contribution in [3.63, 3.8) is 0 Å². The quantitative estimate of drug-likeness (QED) is 0.477. The Bertz CT molecular complexity index is 639. The number of carbonyl (C=O) groups excluding carboxylic acids is 1. The first-order valence-corrected chi connectivity index (χ1v) is 7.68. The second-order valence-electron chi connectivity index (χ2n) is 5.68. The highest BCUT2D eigenvalue weighted by Gasteiger charge is 2.42. The van der Waals surface area contributed by atoms with Crippen molar-refractivity contribution in [2.75, 3.05) is 13.3 Å². The number of alkyl halides is 2. The third-order valence-corrected chi connectivity index (χ3v) is 3.88. The number of fused-ring (bicyclic) bond motifs is 1. The van der Waals surface area contributed by atoms with E-state index in [0.29, 0.717) is 10.8 Å². The molecule has 0 aliphatic carbocycles. The summed E-state index contributed by atoms with van der Waals surface area (Å²) in [4.78, 5) is 19.4. The molecule has 0 saturated carbocycles. The molecule has 2 rings (SSSR count). The van der Waals surface area contributed by atoms with Crippen LogP contribution in [0.4, 0.5) is 8.78 Å². The summed E-state index contributed by atoms with van der Waals surface area (Å²) in [6, 6.07) is 4.91. The van der Waals surface area contributed by atoms with Crippen LogP contribution in [-0.2, 0) is 9.59 Å². The highest BCUT2D eigenvalue weighted by Crippen LogP contribution is 2.39. The van der Waals surface area contributed by atoms with Gasteiger partial charge in [0.25, 0.3) is 0 Å². The Balaban J connectivity index is 0.000000294. The van der Waals surface area contributed by atoms with Gasteiger partial charge in [-0.15, -0.1) is 0 Å². The molecule has 0 aromatic heterocycles. The van der Waals surface area contributed by atoms with Crippen molar-refractivity contribution in [1.82, 2.24) is 0 Å². The zero-order chi connectivity index (χ0) is 20.1. The van der Waals surface area contributed by atoms with Crippen molar-refractivity contribution in [3.8, 4) is 5.75 Å². The number of carbonyl (C=O) groups is 2. The number of aliphatic hydroxyl groups is 2. The van der Waals surface area contributed by atoms with Crippen molar-refractivity contribution < 1.29 is 49.3 Å². The first-order valence-electron chi connectivity index (χ1n) is 7.30. The lowest BCUT2D eigenvalue weighted by atomic mass is 9.89. The third-order valence-electron chi connectivity index (χ3n) is 3.64. The maximum absolute atomic E-state index is 12.9. The first-order chi connectivity index (χ1) is 12.1. The molecule has 11 heteroatoms. The fourth-order valence-electron chi connectivity index (χ4n) is 2.23. The molecule has 0 unspecified atom stereocenters. The van der Waals surface area contributed by atoms with Crippen LogP contribution in [0.15, 0.2) is 18.2 Å². The van der Waals surface area contributed by atoms with E-state index < -0.39 is 43.1 Å². The van der Waals surface area contributed by atoms with Crippen LogP contribution in [0.25, 0.3) is 0 Å². The summed E-state index contributed by atoms with van der Waals surface area (Å²) in [5, 5.41) is 34.6. The summed E-state index contributed by atoms with van der Waals surface area (Å²) in [6.07, 6.45) is -4.46. The number of benzene rings is 1. The average Bonchev–Trinajstić information content (AvgIpc) is 2.60. The van der Waals surface area contributed by atoms with Gasteiger partial charge >= 0.3 is 5.97 Å². The lowest BCUT2D eigenvalue weighted by Crippen LogP contribution is -2.60. The molecule has 0 amide bonds. The molecule has 1 aliphatic heterocycles. The predicted molar refractivity (Wildman–Crippen MR) is 81.7 cm³/mol. The minimum absolute atomic E-state index is 0.174. The van der Waals surface area contributed by atoms with Crippen molar-refractivity contribution >= 4 is 23.5 Å². The van der Waals surface area contributed by atoms with Crippen LogP contribution < -0.4 is 15.6 Å². The van der Waals surface area contributed by atoms with Gasteiger partial charge in [0.15, 0.2) is 11.7 Å². The average molecular weight is 398 g/mol. The minimum Gasteiger partial charge on any atom is -0.547 e. The number of ether oxygens (including phenoxy) is 1. The number of quaternary nitrogens is 1. The number of rotatable bonds is 5. The Hall–Kier alpha value is -2.01. The number of halogens is 3.